The van der Waals surface area contributed by atoms with Crippen LogP contribution in [0.25, 0.3) is 0 Å². The van der Waals surface area contributed by atoms with E-state index in [1.807, 2.05) is 18.2 Å². The maximum absolute atomic E-state index is 5.65. The van der Waals surface area contributed by atoms with Gasteiger partial charge in [-0.3, -0.25) is 0 Å². The van der Waals surface area contributed by atoms with Crippen LogP contribution in [0.1, 0.15) is 12.5 Å². The molecule has 0 amide bonds. The van der Waals surface area contributed by atoms with Crippen LogP contribution in [0, 0.1) is 0 Å². The molecule has 0 atom stereocenters. The van der Waals surface area contributed by atoms with Gasteiger partial charge >= 0.3 is 0 Å². The lowest BCUT2D eigenvalue weighted by molar-refractivity contribution is 0.725. The van der Waals surface area contributed by atoms with E-state index in [4.69, 9.17) is 5.73 Å². The van der Waals surface area contributed by atoms with Crippen molar-refractivity contribution in [1.29, 1.82) is 0 Å². The third kappa shape index (κ3) is 2.50. The van der Waals surface area contributed by atoms with Crippen molar-refractivity contribution in [3.05, 3.63) is 28.2 Å². The number of nitrogens with one attached hydrogen (secondary N) is 1. The van der Waals surface area contributed by atoms with Gasteiger partial charge in [0.2, 0.25) is 0 Å². The van der Waals surface area contributed by atoms with Crippen molar-refractivity contribution < 1.29 is 0 Å². The molecule has 0 aromatic heterocycles. The summed E-state index contributed by atoms with van der Waals surface area (Å²) >= 11 is 3.47. The van der Waals surface area contributed by atoms with Gasteiger partial charge in [-0.25, -0.2) is 0 Å². The quantitative estimate of drug-likeness (QED) is 0.779. The first-order valence-electron chi connectivity index (χ1n) is 3.98. The number of hydrogen-bond donors (Lipinski definition) is 2. The molecule has 1 aromatic carbocycles. The predicted molar refractivity (Wildman–Crippen MR) is 55.9 cm³/mol. The van der Waals surface area contributed by atoms with Gasteiger partial charge < -0.3 is 11.1 Å². The lowest BCUT2D eigenvalue weighted by Gasteiger charge is -2.05. The number of halogens is 1. The van der Waals surface area contributed by atoms with Gasteiger partial charge in [-0.2, -0.15) is 0 Å². The molecule has 3 N–H and O–H groups in total. The molecule has 0 saturated carbocycles. The number of nitrogen functional groups attached to an aromatic ring is 1. The van der Waals surface area contributed by atoms with Crippen molar-refractivity contribution in [2.24, 2.45) is 0 Å². The van der Waals surface area contributed by atoms with E-state index >= 15 is 0 Å². The fourth-order valence-electron chi connectivity index (χ4n) is 0.990. The van der Waals surface area contributed by atoms with Crippen molar-refractivity contribution in [1.82, 2.24) is 5.32 Å². The Hall–Kier alpha value is -0.540. The second-order valence-electron chi connectivity index (χ2n) is 2.63. The molecule has 66 valence electrons. The molecule has 0 aliphatic heterocycles. The minimum absolute atomic E-state index is 0.811. The monoisotopic (exact) mass is 228 g/mol. The lowest BCUT2D eigenvalue weighted by Crippen LogP contribution is -2.12. The molecule has 0 fully saturated rings. The van der Waals surface area contributed by atoms with Crippen molar-refractivity contribution >= 4 is 21.6 Å². The number of anilines is 1. The maximum atomic E-state index is 5.65. The van der Waals surface area contributed by atoms with Crippen LogP contribution in [0.3, 0.4) is 0 Å². The van der Waals surface area contributed by atoms with E-state index in [1.165, 1.54) is 5.56 Å². The molecular weight excluding hydrogens is 216 g/mol. The van der Waals surface area contributed by atoms with Crippen molar-refractivity contribution in [2.45, 2.75) is 13.5 Å². The van der Waals surface area contributed by atoms with Crippen LogP contribution >= 0.6 is 15.9 Å². The van der Waals surface area contributed by atoms with Crippen molar-refractivity contribution in [3.8, 4) is 0 Å². The Kier molecular flexibility index (Phi) is 3.56. The van der Waals surface area contributed by atoms with E-state index in [1.54, 1.807) is 0 Å². The van der Waals surface area contributed by atoms with E-state index in [0.29, 0.717) is 0 Å². The van der Waals surface area contributed by atoms with E-state index in [0.717, 1.165) is 23.2 Å². The Balaban J connectivity index is 2.75. The Morgan fingerprint density at radius 1 is 1.50 bits per heavy atom. The smallest absolute Gasteiger partial charge is 0.0318 e. The molecule has 1 rings (SSSR count). The predicted octanol–water partition coefficient (Wildman–Crippen LogP) is 2.14. The summed E-state index contributed by atoms with van der Waals surface area (Å²) in [6.45, 7) is 3.92. The molecule has 3 heteroatoms. The van der Waals surface area contributed by atoms with Gasteiger partial charge in [-0.05, 0) is 30.3 Å². The molecule has 12 heavy (non-hydrogen) atoms. The summed E-state index contributed by atoms with van der Waals surface area (Å²) in [6, 6.07) is 5.84. The van der Waals surface area contributed by atoms with Crippen LogP contribution < -0.4 is 11.1 Å². The fraction of sp³-hybridized carbons (Fsp3) is 0.333. The van der Waals surface area contributed by atoms with Gasteiger partial charge in [0.15, 0.2) is 0 Å². The first kappa shape index (κ1) is 9.55. The van der Waals surface area contributed by atoms with Crippen molar-refractivity contribution in [3.63, 3.8) is 0 Å². The Morgan fingerprint density at radius 2 is 2.25 bits per heavy atom. The summed E-state index contributed by atoms with van der Waals surface area (Å²) in [5.41, 5.74) is 7.67. The number of rotatable bonds is 3. The maximum Gasteiger partial charge on any atom is 0.0318 e. The zero-order valence-electron chi connectivity index (χ0n) is 7.10. The van der Waals surface area contributed by atoms with Crippen LogP contribution in [0.4, 0.5) is 5.69 Å². The molecule has 0 bridgehead atoms. The minimum Gasteiger partial charge on any atom is -0.399 e. The summed E-state index contributed by atoms with van der Waals surface area (Å²) in [6.07, 6.45) is 0. The van der Waals surface area contributed by atoms with E-state index < -0.39 is 0 Å². The molecule has 0 spiro atoms. The van der Waals surface area contributed by atoms with Crippen LogP contribution in [-0.4, -0.2) is 6.54 Å². The van der Waals surface area contributed by atoms with Gasteiger partial charge in [-0.15, -0.1) is 0 Å². The average Bonchev–Trinajstić information content (AvgIpc) is 2.07. The minimum atomic E-state index is 0.811. The van der Waals surface area contributed by atoms with E-state index in [2.05, 4.69) is 28.2 Å². The molecule has 0 unspecified atom stereocenters. The Morgan fingerprint density at radius 3 is 2.92 bits per heavy atom. The summed E-state index contributed by atoms with van der Waals surface area (Å²) < 4.78 is 1.11. The summed E-state index contributed by atoms with van der Waals surface area (Å²) in [5.74, 6) is 0. The zero-order valence-corrected chi connectivity index (χ0v) is 8.69. The Labute approximate surface area is 81.3 Å². The van der Waals surface area contributed by atoms with Gasteiger partial charge in [0.25, 0.3) is 0 Å². The summed E-state index contributed by atoms with van der Waals surface area (Å²) in [4.78, 5) is 0. The van der Waals surface area contributed by atoms with Gasteiger partial charge in [0.05, 0.1) is 0 Å². The number of benzene rings is 1. The zero-order chi connectivity index (χ0) is 8.97. The van der Waals surface area contributed by atoms with Gasteiger partial charge in [0, 0.05) is 16.7 Å². The second-order valence-corrected chi connectivity index (χ2v) is 3.49. The fourth-order valence-corrected chi connectivity index (χ4v) is 1.38. The third-order valence-corrected chi connectivity index (χ3v) is 2.41. The molecule has 2 nitrogen and oxygen atoms in total. The molecule has 1 aromatic rings. The highest BCUT2D eigenvalue weighted by molar-refractivity contribution is 9.10. The Bertz CT molecular complexity index is 261. The van der Waals surface area contributed by atoms with Crippen LogP contribution in [0.2, 0.25) is 0 Å². The molecule has 0 heterocycles. The normalized spacial score (nSPS) is 10.2. The largest absolute Gasteiger partial charge is 0.399 e. The highest BCUT2D eigenvalue weighted by Crippen LogP contribution is 2.18. The molecule has 0 aliphatic carbocycles. The average molecular weight is 229 g/mol. The van der Waals surface area contributed by atoms with Gasteiger partial charge in [0.1, 0.15) is 0 Å². The number of nitrogens with two attached hydrogens (primary N) is 1. The van der Waals surface area contributed by atoms with Crippen LogP contribution in [0.15, 0.2) is 22.7 Å². The number of hydrogen-bond acceptors (Lipinski definition) is 2. The van der Waals surface area contributed by atoms with Gasteiger partial charge in [-0.1, -0.05) is 22.9 Å². The SMILES string of the molecule is CCNCc1cc(N)ccc1Br. The summed E-state index contributed by atoms with van der Waals surface area (Å²) in [5, 5.41) is 3.25. The second kappa shape index (κ2) is 4.48. The topological polar surface area (TPSA) is 38.0 Å². The lowest BCUT2D eigenvalue weighted by atomic mass is 10.2. The molecule has 0 saturated heterocycles. The highest BCUT2D eigenvalue weighted by atomic mass is 79.9. The van der Waals surface area contributed by atoms with E-state index in [-0.39, 0.29) is 0 Å². The first-order chi connectivity index (χ1) is 5.74. The van der Waals surface area contributed by atoms with Crippen molar-refractivity contribution in [2.75, 3.05) is 12.3 Å². The van der Waals surface area contributed by atoms with E-state index in [9.17, 15) is 0 Å². The first-order valence-corrected chi connectivity index (χ1v) is 4.78. The third-order valence-electron chi connectivity index (χ3n) is 1.64. The molecular formula is C9H13BrN2. The van der Waals surface area contributed by atoms with Crippen LogP contribution in [-0.2, 0) is 6.54 Å². The molecule has 0 aliphatic rings. The summed E-state index contributed by atoms with van der Waals surface area (Å²) in [7, 11) is 0. The standard InChI is InChI=1S/C9H13BrN2/c1-2-12-6-7-5-8(11)3-4-9(7)10/h3-5,12H,2,6,11H2,1H3. The highest BCUT2D eigenvalue weighted by Gasteiger charge is 1.98. The molecule has 0 radical (unpaired) electrons. The van der Waals surface area contributed by atoms with Crippen LogP contribution in [0.5, 0.6) is 0 Å².